The summed E-state index contributed by atoms with van der Waals surface area (Å²) in [5.74, 6) is -0.894. The third kappa shape index (κ3) is 7.10. The van der Waals surface area contributed by atoms with Crippen LogP contribution >= 0.6 is 22.9 Å². The molecule has 0 saturated heterocycles. The number of halogens is 1. The van der Waals surface area contributed by atoms with Crippen LogP contribution in [0.25, 0.3) is 0 Å². The maximum atomic E-state index is 13.2. The number of hydrogen-bond acceptors (Lipinski definition) is 7. The number of allylic oxidation sites excluding steroid dienone is 2. The van der Waals surface area contributed by atoms with Gasteiger partial charge in [0.15, 0.2) is 5.01 Å². The molecule has 2 aliphatic rings. The third-order valence-electron chi connectivity index (χ3n) is 6.58. The van der Waals surface area contributed by atoms with Gasteiger partial charge in [-0.15, -0.1) is 11.3 Å². The Morgan fingerprint density at radius 1 is 1.19 bits per heavy atom. The van der Waals surface area contributed by atoms with Crippen molar-refractivity contribution in [1.82, 2.24) is 24.8 Å². The number of hydrogen-bond donors (Lipinski definition) is 2. The predicted molar refractivity (Wildman–Crippen MR) is 145 cm³/mol. The van der Waals surface area contributed by atoms with Gasteiger partial charge in [0.2, 0.25) is 15.9 Å². The first-order chi connectivity index (χ1) is 17.5. The Hall–Kier alpha value is -2.47. The summed E-state index contributed by atoms with van der Waals surface area (Å²) in [5, 5.41) is 3.83. The lowest BCUT2D eigenvalue weighted by Crippen LogP contribution is -2.38. The van der Waals surface area contributed by atoms with Gasteiger partial charge in [0.1, 0.15) is 0 Å². The minimum Gasteiger partial charge on any atom is -0.349 e. The highest BCUT2D eigenvalue weighted by Crippen LogP contribution is 2.30. The summed E-state index contributed by atoms with van der Waals surface area (Å²) in [5.41, 5.74) is 2.65. The lowest BCUT2D eigenvalue weighted by atomic mass is 9.89. The van der Waals surface area contributed by atoms with Crippen LogP contribution in [0.15, 0.2) is 35.7 Å². The molecule has 0 bridgehead atoms. The highest BCUT2D eigenvalue weighted by Gasteiger charge is 2.31. The third-order valence-corrected chi connectivity index (χ3v) is 9.21. The molecule has 2 amide bonds. The molecular weight excluding hydrogens is 534 g/mol. The molecule has 1 atom stereocenters. The minimum absolute atomic E-state index is 0.0517. The molecule has 200 valence electrons. The Morgan fingerprint density at radius 2 is 1.92 bits per heavy atom. The molecule has 2 heterocycles. The average Bonchev–Trinajstić information content (AvgIpc) is 3.27. The lowest BCUT2D eigenvalue weighted by Gasteiger charge is -2.29. The van der Waals surface area contributed by atoms with Crippen molar-refractivity contribution in [1.29, 1.82) is 0 Å². The number of rotatable bonds is 8. The van der Waals surface area contributed by atoms with Gasteiger partial charge >= 0.3 is 0 Å². The molecule has 37 heavy (non-hydrogen) atoms. The summed E-state index contributed by atoms with van der Waals surface area (Å²) in [4.78, 5) is 35.2. The normalized spacial score (nSPS) is 18.3. The Bertz CT molecular complexity index is 1300. The fourth-order valence-corrected chi connectivity index (χ4v) is 6.93. The zero-order valence-corrected chi connectivity index (χ0v) is 23.6. The molecule has 1 aliphatic carbocycles. The standard InChI is InChI=1S/C25H32ClN5O4S2/c1-30(2)25(33)17-6-9-19(29-37(34,35)13-11-16-4-7-18(26)8-5-16)21(14-17)27-23(32)24-28-20-10-12-31(3)15-22(20)36-24/h4-5,7-8,17,29H,6,9-15H2,1-3H3,(H,27,32)/t17-/m0/s1. The number of likely N-dealkylation sites (N-methyl/N-ethyl adjacent to an activating group) is 1. The van der Waals surface area contributed by atoms with Crippen molar-refractivity contribution in [3.05, 3.63) is 61.8 Å². The first kappa shape index (κ1) is 27.6. The molecule has 2 aromatic rings. The van der Waals surface area contributed by atoms with E-state index in [0.29, 0.717) is 40.7 Å². The van der Waals surface area contributed by atoms with Crippen LogP contribution in [-0.2, 0) is 34.2 Å². The van der Waals surface area contributed by atoms with Gasteiger partial charge in [-0.25, -0.2) is 13.4 Å². The number of benzene rings is 1. The smallest absolute Gasteiger partial charge is 0.284 e. The fourth-order valence-electron chi connectivity index (χ4n) is 4.51. The number of nitrogens with zero attached hydrogens (tertiary/aromatic N) is 3. The summed E-state index contributed by atoms with van der Waals surface area (Å²) in [6, 6.07) is 7.05. The number of sulfonamides is 1. The number of aryl methyl sites for hydroxylation is 1. The molecule has 0 fully saturated rings. The van der Waals surface area contributed by atoms with Crippen LogP contribution < -0.4 is 10.0 Å². The Morgan fingerprint density at radius 3 is 2.62 bits per heavy atom. The van der Waals surface area contributed by atoms with Crippen LogP contribution in [0, 0.1) is 5.92 Å². The number of thiazole rings is 1. The van der Waals surface area contributed by atoms with E-state index < -0.39 is 10.0 Å². The van der Waals surface area contributed by atoms with Gasteiger partial charge in [0.05, 0.1) is 11.4 Å². The van der Waals surface area contributed by atoms with Gasteiger partial charge in [0, 0.05) is 67.2 Å². The van der Waals surface area contributed by atoms with Crippen molar-refractivity contribution in [3.63, 3.8) is 0 Å². The average molecular weight is 566 g/mol. The number of fused-ring (bicyclic) bond motifs is 1. The molecule has 2 N–H and O–H groups in total. The monoisotopic (exact) mass is 565 g/mol. The maximum Gasteiger partial charge on any atom is 0.284 e. The van der Waals surface area contributed by atoms with Gasteiger partial charge in [-0.05, 0) is 44.0 Å². The number of carbonyl (C=O) groups is 2. The second-order valence-corrected chi connectivity index (χ2v) is 13.1. The highest BCUT2D eigenvalue weighted by atomic mass is 35.5. The molecular formula is C25H32ClN5O4S2. The van der Waals surface area contributed by atoms with Crippen LogP contribution in [0.3, 0.4) is 0 Å². The van der Waals surface area contributed by atoms with Gasteiger partial charge in [0.25, 0.3) is 5.91 Å². The van der Waals surface area contributed by atoms with E-state index in [-0.39, 0.29) is 29.9 Å². The summed E-state index contributed by atoms with van der Waals surface area (Å²) in [6.45, 7) is 1.64. The van der Waals surface area contributed by atoms with Crippen LogP contribution in [-0.4, -0.2) is 68.5 Å². The van der Waals surface area contributed by atoms with Crippen molar-refractivity contribution in [2.75, 3.05) is 33.4 Å². The van der Waals surface area contributed by atoms with Gasteiger partial charge < -0.3 is 15.1 Å². The quantitative estimate of drug-likeness (QED) is 0.509. The van der Waals surface area contributed by atoms with E-state index in [4.69, 9.17) is 11.6 Å². The Balaban J connectivity index is 1.52. The zero-order chi connectivity index (χ0) is 26.7. The minimum atomic E-state index is -3.69. The van der Waals surface area contributed by atoms with E-state index in [1.807, 2.05) is 7.05 Å². The SMILES string of the molecule is CN1CCc2nc(C(=O)NC3=C(NS(=O)(=O)CCc4ccc(Cl)cc4)CC[C@H](C(=O)N(C)C)C3)sc2C1. The second-order valence-electron chi connectivity index (χ2n) is 9.76. The zero-order valence-electron chi connectivity index (χ0n) is 21.2. The van der Waals surface area contributed by atoms with Crippen LogP contribution in [0.2, 0.25) is 5.02 Å². The van der Waals surface area contributed by atoms with E-state index >= 15 is 0 Å². The first-order valence-corrected chi connectivity index (χ1v) is 15.0. The molecule has 0 radical (unpaired) electrons. The predicted octanol–water partition coefficient (Wildman–Crippen LogP) is 2.78. The fraction of sp³-hybridized carbons (Fsp3) is 0.480. The molecule has 9 nitrogen and oxygen atoms in total. The second kappa shape index (κ2) is 11.5. The topological polar surface area (TPSA) is 112 Å². The van der Waals surface area contributed by atoms with Crippen LogP contribution in [0.5, 0.6) is 0 Å². The number of carbonyl (C=O) groups excluding carboxylic acids is 2. The van der Waals surface area contributed by atoms with E-state index in [9.17, 15) is 18.0 Å². The first-order valence-electron chi connectivity index (χ1n) is 12.2. The van der Waals surface area contributed by atoms with Crippen LogP contribution in [0.1, 0.15) is 45.2 Å². The Labute approximate surface area is 226 Å². The van der Waals surface area contributed by atoms with Gasteiger partial charge in [-0.2, -0.15) is 0 Å². The summed E-state index contributed by atoms with van der Waals surface area (Å²) in [7, 11) is 1.72. The van der Waals surface area contributed by atoms with Crippen molar-refractivity contribution in [2.24, 2.45) is 5.92 Å². The molecule has 4 rings (SSSR count). The largest absolute Gasteiger partial charge is 0.349 e. The van der Waals surface area contributed by atoms with E-state index in [2.05, 4.69) is 19.9 Å². The number of aromatic nitrogens is 1. The van der Waals surface area contributed by atoms with Crippen molar-refractivity contribution in [3.8, 4) is 0 Å². The molecule has 1 aromatic carbocycles. The van der Waals surface area contributed by atoms with Crippen molar-refractivity contribution in [2.45, 2.75) is 38.6 Å². The van der Waals surface area contributed by atoms with Gasteiger partial charge in [-0.3, -0.25) is 14.3 Å². The van der Waals surface area contributed by atoms with Crippen molar-refractivity contribution < 1.29 is 18.0 Å². The lowest BCUT2D eigenvalue weighted by molar-refractivity contribution is -0.133. The summed E-state index contributed by atoms with van der Waals surface area (Å²) < 4.78 is 28.6. The molecule has 1 aliphatic heterocycles. The van der Waals surface area contributed by atoms with E-state index in [1.165, 1.54) is 16.2 Å². The molecule has 1 aromatic heterocycles. The van der Waals surface area contributed by atoms with E-state index in [1.54, 1.807) is 38.4 Å². The molecule has 0 saturated carbocycles. The maximum absolute atomic E-state index is 13.2. The summed E-state index contributed by atoms with van der Waals surface area (Å²) >= 11 is 7.28. The summed E-state index contributed by atoms with van der Waals surface area (Å²) in [6.07, 6.45) is 2.17. The Kier molecular flexibility index (Phi) is 8.57. The van der Waals surface area contributed by atoms with Crippen LogP contribution in [0.4, 0.5) is 0 Å². The number of amides is 2. The van der Waals surface area contributed by atoms with E-state index in [0.717, 1.165) is 35.6 Å². The van der Waals surface area contributed by atoms with Gasteiger partial charge in [-0.1, -0.05) is 23.7 Å². The van der Waals surface area contributed by atoms with Crippen molar-refractivity contribution >= 4 is 44.8 Å². The number of nitrogens with one attached hydrogen (secondary N) is 2. The molecule has 0 spiro atoms. The molecule has 12 heteroatoms. The molecule has 0 unspecified atom stereocenters. The highest BCUT2D eigenvalue weighted by molar-refractivity contribution is 7.89.